The first kappa shape index (κ1) is 10.9. The summed E-state index contributed by atoms with van der Waals surface area (Å²) in [5.41, 5.74) is 1.62. The summed E-state index contributed by atoms with van der Waals surface area (Å²) in [6.07, 6.45) is 0. The smallest absolute Gasteiger partial charge is 0.213 e. The van der Waals surface area contributed by atoms with Crippen LogP contribution in [0.1, 0.15) is 11.3 Å². The van der Waals surface area contributed by atoms with Gasteiger partial charge in [0.15, 0.2) is 0 Å². The van der Waals surface area contributed by atoms with E-state index in [2.05, 4.69) is 4.98 Å². The molecule has 14 heavy (non-hydrogen) atoms. The van der Waals surface area contributed by atoms with Crippen molar-refractivity contribution in [3.63, 3.8) is 0 Å². The van der Waals surface area contributed by atoms with Crippen molar-refractivity contribution < 1.29 is 14.6 Å². The van der Waals surface area contributed by atoms with Crippen molar-refractivity contribution in [3.8, 4) is 5.88 Å². The second-order valence-electron chi connectivity index (χ2n) is 2.89. The van der Waals surface area contributed by atoms with Gasteiger partial charge in [-0.3, -0.25) is 0 Å². The van der Waals surface area contributed by atoms with Gasteiger partial charge in [-0.2, -0.15) is 0 Å². The number of pyridine rings is 1. The van der Waals surface area contributed by atoms with Gasteiger partial charge in [-0.1, -0.05) is 0 Å². The molecule has 4 heteroatoms. The Morgan fingerprint density at radius 3 is 2.71 bits per heavy atom. The molecule has 0 aromatic carbocycles. The minimum absolute atomic E-state index is 0.0111. The molecular formula is C10H15NO3. The molecule has 4 nitrogen and oxygen atoms in total. The summed E-state index contributed by atoms with van der Waals surface area (Å²) in [5.74, 6) is 0.566. The summed E-state index contributed by atoms with van der Waals surface area (Å²) >= 11 is 0. The second-order valence-corrected chi connectivity index (χ2v) is 2.89. The van der Waals surface area contributed by atoms with Crippen LogP contribution in [0.4, 0.5) is 0 Å². The monoisotopic (exact) mass is 197 g/mol. The standard InChI is InChI=1S/C10H15NO3/c1-8-9(7-12)3-4-10(11-8)14-6-5-13-2/h3-4,12H,5-7H2,1-2H3. The average Bonchev–Trinajstić information content (AvgIpc) is 2.18. The molecular weight excluding hydrogens is 182 g/mol. The first-order valence-corrected chi connectivity index (χ1v) is 4.47. The van der Waals surface area contributed by atoms with Crippen LogP contribution in [0, 0.1) is 6.92 Å². The Labute approximate surface area is 83.5 Å². The summed E-state index contributed by atoms with van der Waals surface area (Å²) in [6.45, 7) is 2.88. The number of methoxy groups -OCH3 is 1. The van der Waals surface area contributed by atoms with Crippen molar-refractivity contribution in [3.05, 3.63) is 23.4 Å². The Kier molecular flexibility index (Phi) is 4.35. The van der Waals surface area contributed by atoms with Crippen molar-refractivity contribution in [1.82, 2.24) is 4.98 Å². The van der Waals surface area contributed by atoms with Gasteiger partial charge in [-0.25, -0.2) is 4.98 Å². The maximum atomic E-state index is 8.92. The van der Waals surface area contributed by atoms with Crippen LogP contribution in [0.5, 0.6) is 5.88 Å². The molecule has 0 radical (unpaired) electrons. The summed E-state index contributed by atoms with van der Waals surface area (Å²) in [5, 5.41) is 8.92. The van der Waals surface area contributed by atoms with Gasteiger partial charge in [0.25, 0.3) is 0 Å². The fraction of sp³-hybridized carbons (Fsp3) is 0.500. The van der Waals surface area contributed by atoms with E-state index in [0.717, 1.165) is 11.3 Å². The van der Waals surface area contributed by atoms with E-state index in [1.807, 2.05) is 13.0 Å². The lowest BCUT2D eigenvalue weighted by Gasteiger charge is -2.07. The number of ether oxygens (including phenoxy) is 2. The number of hydrogen-bond donors (Lipinski definition) is 1. The molecule has 0 aliphatic carbocycles. The molecule has 1 rings (SSSR count). The molecule has 1 aromatic heterocycles. The molecule has 0 unspecified atom stereocenters. The largest absolute Gasteiger partial charge is 0.475 e. The van der Waals surface area contributed by atoms with E-state index in [1.165, 1.54) is 0 Å². The van der Waals surface area contributed by atoms with Gasteiger partial charge in [-0.15, -0.1) is 0 Å². The maximum absolute atomic E-state index is 8.92. The van der Waals surface area contributed by atoms with Crippen LogP contribution in [-0.2, 0) is 11.3 Å². The molecule has 0 atom stereocenters. The van der Waals surface area contributed by atoms with Crippen LogP contribution < -0.4 is 4.74 Å². The number of aliphatic hydroxyl groups excluding tert-OH is 1. The van der Waals surface area contributed by atoms with Crippen molar-refractivity contribution in [2.45, 2.75) is 13.5 Å². The van der Waals surface area contributed by atoms with E-state index >= 15 is 0 Å². The zero-order chi connectivity index (χ0) is 10.4. The Balaban J connectivity index is 2.57. The van der Waals surface area contributed by atoms with Crippen molar-refractivity contribution in [1.29, 1.82) is 0 Å². The maximum Gasteiger partial charge on any atom is 0.213 e. The lowest BCUT2D eigenvalue weighted by molar-refractivity contribution is 0.143. The normalized spacial score (nSPS) is 10.2. The Morgan fingerprint density at radius 1 is 1.36 bits per heavy atom. The Bertz CT molecular complexity index is 289. The summed E-state index contributed by atoms with van der Waals surface area (Å²) in [4.78, 5) is 4.18. The van der Waals surface area contributed by atoms with Crippen LogP contribution >= 0.6 is 0 Å². The molecule has 0 spiro atoms. The van der Waals surface area contributed by atoms with Crippen molar-refractivity contribution in [2.75, 3.05) is 20.3 Å². The second kappa shape index (κ2) is 5.57. The van der Waals surface area contributed by atoms with Crippen molar-refractivity contribution in [2.24, 2.45) is 0 Å². The van der Waals surface area contributed by atoms with Gasteiger partial charge in [0, 0.05) is 18.9 Å². The first-order valence-electron chi connectivity index (χ1n) is 4.47. The highest BCUT2D eigenvalue weighted by Gasteiger charge is 2.00. The minimum atomic E-state index is 0.0111. The molecule has 0 aliphatic heterocycles. The first-order chi connectivity index (χ1) is 6.77. The third-order valence-electron chi connectivity index (χ3n) is 1.88. The lowest BCUT2D eigenvalue weighted by Crippen LogP contribution is -2.06. The fourth-order valence-corrected chi connectivity index (χ4v) is 1.04. The van der Waals surface area contributed by atoms with Gasteiger partial charge in [-0.05, 0) is 18.6 Å². The molecule has 0 saturated carbocycles. The number of aliphatic hydroxyl groups is 1. The minimum Gasteiger partial charge on any atom is -0.475 e. The Hall–Kier alpha value is -1.13. The molecule has 1 heterocycles. The highest BCUT2D eigenvalue weighted by Crippen LogP contribution is 2.12. The number of nitrogens with zero attached hydrogens (tertiary/aromatic N) is 1. The molecule has 1 N–H and O–H groups in total. The predicted octanol–water partition coefficient (Wildman–Crippen LogP) is 0.908. The fourth-order valence-electron chi connectivity index (χ4n) is 1.04. The quantitative estimate of drug-likeness (QED) is 0.713. The third-order valence-corrected chi connectivity index (χ3v) is 1.88. The van der Waals surface area contributed by atoms with Crippen LogP contribution in [-0.4, -0.2) is 30.4 Å². The van der Waals surface area contributed by atoms with Crippen LogP contribution in [0.2, 0.25) is 0 Å². The summed E-state index contributed by atoms with van der Waals surface area (Å²) in [7, 11) is 1.62. The molecule has 0 bridgehead atoms. The zero-order valence-electron chi connectivity index (χ0n) is 8.49. The lowest BCUT2D eigenvalue weighted by atomic mass is 10.2. The molecule has 78 valence electrons. The Morgan fingerprint density at radius 2 is 2.14 bits per heavy atom. The average molecular weight is 197 g/mol. The van der Waals surface area contributed by atoms with E-state index in [0.29, 0.717) is 19.1 Å². The molecule has 0 saturated heterocycles. The predicted molar refractivity (Wildman–Crippen MR) is 52.3 cm³/mol. The topological polar surface area (TPSA) is 51.6 Å². The highest BCUT2D eigenvalue weighted by atomic mass is 16.5. The highest BCUT2D eigenvalue weighted by molar-refractivity contribution is 5.24. The van der Waals surface area contributed by atoms with E-state index in [9.17, 15) is 0 Å². The SMILES string of the molecule is COCCOc1ccc(CO)c(C)n1. The van der Waals surface area contributed by atoms with Gasteiger partial charge in [0.2, 0.25) is 5.88 Å². The van der Waals surface area contributed by atoms with Gasteiger partial charge in [0.05, 0.1) is 13.2 Å². The summed E-state index contributed by atoms with van der Waals surface area (Å²) in [6, 6.07) is 3.55. The van der Waals surface area contributed by atoms with E-state index in [4.69, 9.17) is 14.6 Å². The van der Waals surface area contributed by atoms with E-state index < -0.39 is 0 Å². The van der Waals surface area contributed by atoms with Crippen LogP contribution in [0.3, 0.4) is 0 Å². The molecule has 0 fully saturated rings. The molecule has 0 amide bonds. The summed E-state index contributed by atoms with van der Waals surface area (Å²) < 4.78 is 10.2. The number of aryl methyl sites for hydroxylation is 1. The van der Waals surface area contributed by atoms with E-state index in [-0.39, 0.29) is 6.61 Å². The molecule has 1 aromatic rings. The van der Waals surface area contributed by atoms with Gasteiger partial charge in [0.1, 0.15) is 6.61 Å². The third kappa shape index (κ3) is 2.97. The van der Waals surface area contributed by atoms with E-state index in [1.54, 1.807) is 13.2 Å². The van der Waals surface area contributed by atoms with Crippen LogP contribution in [0.15, 0.2) is 12.1 Å². The molecule has 0 aliphatic rings. The van der Waals surface area contributed by atoms with Gasteiger partial charge >= 0.3 is 0 Å². The van der Waals surface area contributed by atoms with Crippen molar-refractivity contribution >= 4 is 0 Å². The number of hydrogen-bond acceptors (Lipinski definition) is 4. The van der Waals surface area contributed by atoms with Crippen LogP contribution in [0.25, 0.3) is 0 Å². The van der Waals surface area contributed by atoms with Gasteiger partial charge < -0.3 is 14.6 Å². The number of rotatable bonds is 5. The number of aromatic nitrogens is 1. The zero-order valence-corrected chi connectivity index (χ0v) is 8.49.